The van der Waals surface area contributed by atoms with E-state index in [0.29, 0.717) is 23.7 Å². The molecule has 0 fully saturated rings. The van der Waals surface area contributed by atoms with E-state index in [1.807, 2.05) is 31.2 Å². The third-order valence-electron chi connectivity index (χ3n) is 2.72. The molecule has 0 aliphatic carbocycles. The van der Waals surface area contributed by atoms with Gasteiger partial charge in [0.25, 0.3) is 0 Å². The molecule has 2 rings (SSSR count). The predicted molar refractivity (Wildman–Crippen MR) is 79.1 cm³/mol. The van der Waals surface area contributed by atoms with Gasteiger partial charge >= 0.3 is 5.97 Å². The highest BCUT2D eigenvalue weighted by Gasteiger charge is 2.14. The highest BCUT2D eigenvalue weighted by Crippen LogP contribution is 2.21. The maximum atomic E-state index is 11.9. The maximum Gasteiger partial charge on any atom is 0.341 e. The van der Waals surface area contributed by atoms with E-state index < -0.39 is 5.97 Å². The van der Waals surface area contributed by atoms with Gasteiger partial charge in [0.15, 0.2) is 0 Å². The van der Waals surface area contributed by atoms with Crippen molar-refractivity contribution in [3.05, 3.63) is 47.7 Å². The number of rotatable bonds is 4. The Morgan fingerprint density at radius 3 is 2.70 bits per heavy atom. The molecule has 1 aromatic carbocycles. The van der Waals surface area contributed by atoms with Crippen molar-refractivity contribution in [2.24, 2.45) is 0 Å². The number of pyridine rings is 1. The number of hydrogen-bond acceptors (Lipinski definition) is 5. The number of nitrogens with one attached hydrogen (secondary N) is 1. The van der Waals surface area contributed by atoms with Crippen molar-refractivity contribution in [1.29, 1.82) is 0 Å². The van der Waals surface area contributed by atoms with Crippen LogP contribution in [0.5, 0.6) is 0 Å². The summed E-state index contributed by atoms with van der Waals surface area (Å²) in [6, 6.07) is 9.35. The highest BCUT2D eigenvalue weighted by molar-refractivity contribution is 5.96. The molecular formula is C15H17N3O2. The Morgan fingerprint density at radius 1 is 1.35 bits per heavy atom. The molecule has 0 aliphatic heterocycles. The first kappa shape index (κ1) is 13.9. The molecule has 5 heteroatoms. The molecule has 0 saturated carbocycles. The maximum absolute atomic E-state index is 11.9. The van der Waals surface area contributed by atoms with Gasteiger partial charge in [-0.25, -0.2) is 9.78 Å². The van der Waals surface area contributed by atoms with Crippen molar-refractivity contribution >= 4 is 23.2 Å². The summed E-state index contributed by atoms with van der Waals surface area (Å²) < 4.78 is 5.01. The molecule has 0 saturated heterocycles. The van der Waals surface area contributed by atoms with Gasteiger partial charge < -0.3 is 15.8 Å². The molecule has 104 valence electrons. The zero-order valence-corrected chi connectivity index (χ0v) is 11.5. The number of nitrogens with zero attached hydrogens (tertiary/aromatic N) is 1. The van der Waals surface area contributed by atoms with E-state index in [4.69, 9.17) is 10.5 Å². The number of esters is 1. The summed E-state index contributed by atoms with van der Waals surface area (Å²) in [6.45, 7) is 4.07. The van der Waals surface area contributed by atoms with Crippen LogP contribution >= 0.6 is 0 Å². The van der Waals surface area contributed by atoms with Gasteiger partial charge in [-0.15, -0.1) is 0 Å². The van der Waals surface area contributed by atoms with Crippen molar-refractivity contribution in [1.82, 2.24) is 4.98 Å². The lowest BCUT2D eigenvalue weighted by Crippen LogP contribution is -2.10. The van der Waals surface area contributed by atoms with Crippen molar-refractivity contribution in [3.8, 4) is 0 Å². The van der Waals surface area contributed by atoms with Gasteiger partial charge in [0.2, 0.25) is 0 Å². The quantitative estimate of drug-likeness (QED) is 0.836. The number of carbonyl (C=O) groups excluding carboxylic acids is 1. The lowest BCUT2D eigenvalue weighted by atomic mass is 10.2. The number of benzene rings is 1. The number of aromatic nitrogens is 1. The first-order valence-corrected chi connectivity index (χ1v) is 6.36. The Labute approximate surface area is 117 Å². The predicted octanol–water partition coefficient (Wildman–Crippen LogP) is 2.89. The number of hydrogen-bond donors (Lipinski definition) is 2. The van der Waals surface area contributed by atoms with Crippen molar-refractivity contribution in [3.63, 3.8) is 0 Å². The summed E-state index contributed by atoms with van der Waals surface area (Å²) in [5.74, 6) is -0.0107. The summed E-state index contributed by atoms with van der Waals surface area (Å²) in [5, 5.41) is 3.10. The molecule has 0 bridgehead atoms. The molecule has 0 radical (unpaired) electrons. The lowest BCUT2D eigenvalue weighted by molar-refractivity contribution is 0.0527. The molecule has 0 amide bonds. The average Bonchev–Trinajstić information content (AvgIpc) is 2.43. The van der Waals surface area contributed by atoms with E-state index in [-0.39, 0.29) is 0 Å². The van der Waals surface area contributed by atoms with Crippen molar-refractivity contribution < 1.29 is 9.53 Å². The number of nitrogen functional groups attached to an aromatic ring is 1. The van der Waals surface area contributed by atoms with Gasteiger partial charge in [-0.3, -0.25) is 0 Å². The summed E-state index contributed by atoms with van der Waals surface area (Å²) in [6.07, 6.45) is 1.50. The fourth-order valence-electron chi connectivity index (χ4n) is 1.72. The zero-order chi connectivity index (χ0) is 14.5. The van der Waals surface area contributed by atoms with Gasteiger partial charge in [0, 0.05) is 5.69 Å². The van der Waals surface area contributed by atoms with Crippen molar-refractivity contribution in [2.75, 3.05) is 17.7 Å². The Hall–Kier alpha value is -2.56. The number of carbonyl (C=O) groups is 1. The molecule has 0 atom stereocenters. The van der Waals surface area contributed by atoms with Crippen LogP contribution in [-0.4, -0.2) is 17.6 Å². The van der Waals surface area contributed by atoms with Crippen LogP contribution in [0.25, 0.3) is 0 Å². The molecule has 20 heavy (non-hydrogen) atoms. The molecule has 2 aromatic rings. The summed E-state index contributed by atoms with van der Waals surface area (Å²) in [5.41, 5.74) is 8.43. The number of aryl methyl sites for hydroxylation is 1. The smallest absolute Gasteiger partial charge is 0.341 e. The molecule has 1 heterocycles. The second-order valence-electron chi connectivity index (χ2n) is 4.38. The van der Waals surface area contributed by atoms with Gasteiger partial charge in [-0.1, -0.05) is 17.7 Å². The first-order valence-electron chi connectivity index (χ1n) is 6.36. The summed E-state index contributed by atoms with van der Waals surface area (Å²) >= 11 is 0. The second-order valence-corrected chi connectivity index (χ2v) is 4.38. The summed E-state index contributed by atoms with van der Waals surface area (Å²) in [4.78, 5) is 16.1. The topological polar surface area (TPSA) is 77.2 Å². The average molecular weight is 271 g/mol. The van der Waals surface area contributed by atoms with Crippen LogP contribution in [0.4, 0.5) is 17.2 Å². The van der Waals surface area contributed by atoms with Crippen LogP contribution in [0.2, 0.25) is 0 Å². The van der Waals surface area contributed by atoms with Gasteiger partial charge in [-0.2, -0.15) is 0 Å². The Morgan fingerprint density at radius 2 is 2.05 bits per heavy atom. The van der Waals surface area contributed by atoms with Crippen LogP contribution < -0.4 is 11.1 Å². The Balaban J connectivity index is 2.31. The van der Waals surface area contributed by atoms with Gasteiger partial charge in [0.1, 0.15) is 11.4 Å². The van der Waals surface area contributed by atoms with Crippen LogP contribution in [0, 0.1) is 6.92 Å². The van der Waals surface area contributed by atoms with Crippen LogP contribution in [0.15, 0.2) is 36.5 Å². The second kappa shape index (κ2) is 6.06. The number of ether oxygens (including phenoxy) is 1. The van der Waals surface area contributed by atoms with Crippen LogP contribution in [0.3, 0.4) is 0 Å². The lowest BCUT2D eigenvalue weighted by Gasteiger charge is -2.11. The van der Waals surface area contributed by atoms with Crippen molar-refractivity contribution in [2.45, 2.75) is 13.8 Å². The normalized spacial score (nSPS) is 10.1. The Kier molecular flexibility index (Phi) is 4.20. The monoisotopic (exact) mass is 271 g/mol. The number of nitrogens with two attached hydrogens (primary N) is 1. The third-order valence-corrected chi connectivity index (χ3v) is 2.72. The third kappa shape index (κ3) is 3.26. The fourth-order valence-corrected chi connectivity index (χ4v) is 1.72. The fraction of sp³-hybridized carbons (Fsp3) is 0.200. The molecule has 0 aliphatic rings. The standard InChI is InChI=1S/C15H17N3O2/c1-3-20-15(19)13-8-11(16)9-17-14(13)18-12-6-4-10(2)5-7-12/h4-9H,3,16H2,1-2H3,(H,17,18). The minimum Gasteiger partial charge on any atom is -0.462 e. The van der Waals surface area contributed by atoms with E-state index in [1.165, 1.54) is 6.20 Å². The summed E-state index contributed by atoms with van der Waals surface area (Å²) in [7, 11) is 0. The van der Waals surface area contributed by atoms with E-state index in [9.17, 15) is 4.79 Å². The molecular weight excluding hydrogens is 254 g/mol. The minimum absolute atomic E-state index is 0.303. The molecule has 3 N–H and O–H groups in total. The van der Waals surface area contributed by atoms with Crippen LogP contribution in [0.1, 0.15) is 22.8 Å². The molecule has 0 unspecified atom stereocenters. The van der Waals surface area contributed by atoms with Gasteiger partial charge in [0.05, 0.1) is 18.5 Å². The first-order chi connectivity index (χ1) is 9.60. The zero-order valence-electron chi connectivity index (χ0n) is 11.5. The minimum atomic E-state index is -0.443. The van der Waals surface area contributed by atoms with Gasteiger partial charge in [-0.05, 0) is 32.0 Å². The van der Waals surface area contributed by atoms with E-state index >= 15 is 0 Å². The SMILES string of the molecule is CCOC(=O)c1cc(N)cnc1Nc1ccc(C)cc1. The van der Waals surface area contributed by atoms with E-state index in [2.05, 4.69) is 10.3 Å². The molecule has 5 nitrogen and oxygen atoms in total. The number of anilines is 3. The largest absolute Gasteiger partial charge is 0.462 e. The van der Waals surface area contributed by atoms with Crippen LogP contribution in [-0.2, 0) is 4.74 Å². The highest BCUT2D eigenvalue weighted by atomic mass is 16.5. The molecule has 0 spiro atoms. The Bertz CT molecular complexity index is 609. The molecule has 1 aromatic heterocycles. The van der Waals surface area contributed by atoms with E-state index in [0.717, 1.165) is 11.3 Å². The van der Waals surface area contributed by atoms with E-state index in [1.54, 1.807) is 13.0 Å².